The summed E-state index contributed by atoms with van der Waals surface area (Å²) in [5, 5.41) is 7.77. The van der Waals surface area contributed by atoms with Crippen LogP contribution in [0.1, 0.15) is 57.0 Å². The minimum absolute atomic E-state index is 0.0985. The highest BCUT2D eigenvalue weighted by molar-refractivity contribution is 5.77. The Labute approximate surface area is 173 Å². The number of rotatable bonds is 6. The summed E-state index contributed by atoms with van der Waals surface area (Å²) in [7, 11) is 0. The van der Waals surface area contributed by atoms with Gasteiger partial charge in [-0.3, -0.25) is 9.89 Å². The average Bonchev–Trinajstić information content (AvgIpc) is 3.09. The summed E-state index contributed by atoms with van der Waals surface area (Å²) in [4.78, 5) is 11.5. The molecule has 0 bridgehead atoms. The third kappa shape index (κ3) is 4.94. The Morgan fingerprint density at radius 2 is 1.72 bits per heavy atom. The van der Waals surface area contributed by atoms with Crippen LogP contribution >= 0.6 is 0 Å². The molecule has 0 unspecified atom stereocenters. The molecule has 29 heavy (non-hydrogen) atoms. The van der Waals surface area contributed by atoms with E-state index in [-0.39, 0.29) is 23.2 Å². The lowest BCUT2D eigenvalue weighted by Gasteiger charge is -2.27. The molecule has 4 nitrogen and oxygen atoms in total. The number of carbonyl (C=O) groups excluding carboxylic acids is 1. The predicted molar refractivity (Wildman–Crippen MR) is 119 cm³/mol. The quantitative estimate of drug-likeness (QED) is 0.628. The largest absolute Gasteiger partial charge is 0.369 e. The molecule has 1 amide bonds. The van der Waals surface area contributed by atoms with Crippen molar-refractivity contribution >= 4 is 5.91 Å². The fraction of sp³-hybridized carbons (Fsp3) is 0.360. The number of H-pyrrole nitrogens is 1. The Balaban J connectivity index is 1.86. The van der Waals surface area contributed by atoms with E-state index in [1.54, 1.807) is 0 Å². The third-order valence-corrected chi connectivity index (χ3v) is 5.40. The van der Waals surface area contributed by atoms with Crippen LogP contribution in [-0.2, 0) is 28.5 Å². The first kappa shape index (κ1) is 20.8. The maximum absolute atomic E-state index is 11.5. The molecule has 4 heteroatoms. The van der Waals surface area contributed by atoms with Crippen LogP contribution in [0, 0.1) is 0 Å². The van der Waals surface area contributed by atoms with Gasteiger partial charge in [-0.25, -0.2) is 0 Å². The average molecular weight is 390 g/mol. The molecule has 0 saturated heterocycles. The van der Waals surface area contributed by atoms with Crippen molar-refractivity contribution in [2.45, 2.75) is 58.3 Å². The Morgan fingerprint density at radius 1 is 1.00 bits per heavy atom. The maximum atomic E-state index is 11.5. The molecule has 3 N–H and O–H groups in total. The zero-order valence-electron chi connectivity index (χ0n) is 18.0. The van der Waals surface area contributed by atoms with Gasteiger partial charge in [0.25, 0.3) is 0 Å². The lowest BCUT2D eigenvalue weighted by Crippen LogP contribution is -2.24. The summed E-state index contributed by atoms with van der Waals surface area (Å²) in [5.74, 6) is -0.309. The van der Waals surface area contributed by atoms with Crippen molar-refractivity contribution in [1.29, 1.82) is 0 Å². The number of nitrogens with one attached hydrogen (secondary N) is 1. The fourth-order valence-corrected chi connectivity index (χ4v) is 3.84. The van der Waals surface area contributed by atoms with Crippen LogP contribution in [0.2, 0.25) is 0 Å². The van der Waals surface area contributed by atoms with Gasteiger partial charge in [0.15, 0.2) is 0 Å². The molecule has 3 aromatic rings. The van der Waals surface area contributed by atoms with Crippen molar-refractivity contribution in [1.82, 2.24) is 10.2 Å². The second kappa shape index (κ2) is 7.86. The highest BCUT2D eigenvalue weighted by atomic mass is 16.1. The first-order valence-corrected chi connectivity index (χ1v) is 10.1. The minimum atomic E-state index is -0.309. The summed E-state index contributed by atoms with van der Waals surface area (Å²) in [6, 6.07) is 18.7. The highest BCUT2D eigenvalue weighted by Gasteiger charge is 2.25. The number of primary amides is 1. The van der Waals surface area contributed by atoms with E-state index in [0.717, 1.165) is 34.5 Å². The van der Waals surface area contributed by atoms with E-state index in [9.17, 15) is 4.79 Å². The first-order chi connectivity index (χ1) is 13.6. The monoisotopic (exact) mass is 389 g/mol. The number of amides is 1. The molecule has 1 heterocycles. The Kier molecular flexibility index (Phi) is 5.65. The number of nitrogens with two attached hydrogens (primary N) is 1. The van der Waals surface area contributed by atoms with E-state index < -0.39 is 0 Å². The number of nitrogens with zero attached hydrogens (tertiary/aromatic N) is 1. The number of hydrogen-bond acceptors (Lipinski definition) is 2. The zero-order chi connectivity index (χ0) is 21.2. The second-order valence-electron chi connectivity index (χ2n) is 9.47. The van der Waals surface area contributed by atoms with Crippen LogP contribution < -0.4 is 5.73 Å². The Hall–Kier alpha value is -2.88. The topological polar surface area (TPSA) is 71.8 Å². The predicted octanol–water partition coefficient (Wildman–Crippen LogP) is 4.92. The standard InChI is InChI=1S/C25H31N3O/c1-24(2,3)19-11-8-10-18(13-19)22-15-20(27-28-22)16-25(4,5)21-12-7-6-9-17(21)14-23(26)29/h6-13,15H,14,16H2,1-5H3,(H2,26,29)(H,27,28). The van der Waals surface area contributed by atoms with Gasteiger partial charge in [0.05, 0.1) is 12.1 Å². The maximum Gasteiger partial charge on any atom is 0.221 e. The van der Waals surface area contributed by atoms with Gasteiger partial charge in [-0.15, -0.1) is 0 Å². The number of aromatic nitrogens is 2. The van der Waals surface area contributed by atoms with E-state index in [4.69, 9.17) is 5.73 Å². The Morgan fingerprint density at radius 3 is 2.41 bits per heavy atom. The summed E-state index contributed by atoms with van der Waals surface area (Å²) in [6.45, 7) is 11.0. The van der Waals surface area contributed by atoms with Gasteiger partial charge in [-0.2, -0.15) is 5.10 Å². The molecule has 2 aromatic carbocycles. The molecule has 0 fully saturated rings. The lowest BCUT2D eigenvalue weighted by molar-refractivity contribution is -0.117. The van der Waals surface area contributed by atoms with E-state index in [1.165, 1.54) is 5.56 Å². The number of carbonyl (C=O) groups is 1. The van der Waals surface area contributed by atoms with Crippen LogP contribution in [0.4, 0.5) is 0 Å². The summed E-state index contributed by atoms with van der Waals surface area (Å²) in [5.41, 5.74) is 11.9. The van der Waals surface area contributed by atoms with E-state index in [0.29, 0.717) is 0 Å². The molecule has 3 rings (SSSR count). The van der Waals surface area contributed by atoms with Crippen LogP contribution in [0.3, 0.4) is 0 Å². The highest BCUT2D eigenvalue weighted by Crippen LogP contribution is 2.32. The van der Waals surface area contributed by atoms with Gasteiger partial charge >= 0.3 is 0 Å². The normalized spacial score (nSPS) is 12.2. The summed E-state index contributed by atoms with van der Waals surface area (Å²) in [6.07, 6.45) is 1.04. The van der Waals surface area contributed by atoms with Crippen LogP contribution in [0.5, 0.6) is 0 Å². The lowest BCUT2D eigenvalue weighted by atomic mass is 9.77. The molecule has 0 aliphatic carbocycles. The number of hydrogen-bond donors (Lipinski definition) is 2. The van der Waals surface area contributed by atoms with Crippen molar-refractivity contribution in [3.8, 4) is 11.3 Å². The van der Waals surface area contributed by atoms with Gasteiger partial charge in [-0.05, 0) is 46.1 Å². The fourth-order valence-electron chi connectivity index (χ4n) is 3.84. The summed E-state index contributed by atoms with van der Waals surface area (Å²) >= 11 is 0. The van der Waals surface area contributed by atoms with Crippen LogP contribution in [0.25, 0.3) is 11.3 Å². The van der Waals surface area contributed by atoms with Crippen LogP contribution in [-0.4, -0.2) is 16.1 Å². The SMILES string of the molecule is CC(C)(C)c1cccc(-c2cc(CC(C)(C)c3ccccc3CC(N)=O)[nH]n2)c1. The van der Waals surface area contributed by atoms with Crippen LogP contribution in [0.15, 0.2) is 54.6 Å². The van der Waals surface area contributed by atoms with Gasteiger partial charge in [-0.1, -0.05) is 77.1 Å². The molecule has 0 spiro atoms. The van der Waals surface area contributed by atoms with E-state index >= 15 is 0 Å². The van der Waals surface area contributed by atoms with Crippen molar-refractivity contribution in [3.05, 3.63) is 77.0 Å². The molecule has 152 valence electrons. The molecule has 1 aromatic heterocycles. The van der Waals surface area contributed by atoms with Gasteiger partial charge in [0.2, 0.25) is 5.91 Å². The molecular formula is C25H31N3O. The second-order valence-corrected chi connectivity index (χ2v) is 9.47. The molecule has 0 atom stereocenters. The molecule has 0 saturated carbocycles. The van der Waals surface area contributed by atoms with E-state index in [1.807, 2.05) is 18.2 Å². The molecule has 0 aliphatic rings. The Bertz CT molecular complexity index is 1010. The minimum Gasteiger partial charge on any atom is -0.369 e. The smallest absolute Gasteiger partial charge is 0.221 e. The zero-order valence-corrected chi connectivity index (χ0v) is 18.0. The van der Waals surface area contributed by atoms with Crippen molar-refractivity contribution < 1.29 is 4.79 Å². The number of benzene rings is 2. The van der Waals surface area contributed by atoms with Gasteiger partial charge in [0, 0.05) is 11.3 Å². The third-order valence-electron chi connectivity index (χ3n) is 5.40. The van der Waals surface area contributed by atoms with E-state index in [2.05, 4.69) is 81.2 Å². The molecule has 0 radical (unpaired) electrons. The molecular weight excluding hydrogens is 358 g/mol. The first-order valence-electron chi connectivity index (χ1n) is 10.1. The van der Waals surface area contributed by atoms with Crippen molar-refractivity contribution in [2.75, 3.05) is 0 Å². The van der Waals surface area contributed by atoms with Crippen molar-refractivity contribution in [2.24, 2.45) is 5.73 Å². The van der Waals surface area contributed by atoms with Crippen molar-refractivity contribution in [3.63, 3.8) is 0 Å². The number of aromatic amines is 1. The summed E-state index contributed by atoms with van der Waals surface area (Å²) < 4.78 is 0. The molecule has 0 aliphatic heterocycles. The van der Waals surface area contributed by atoms with Gasteiger partial charge in [0.1, 0.15) is 0 Å². The van der Waals surface area contributed by atoms with Gasteiger partial charge < -0.3 is 5.73 Å².